The van der Waals surface area contributed by atoms with Gasteiger partial charge in [-0.05, 0) is 18.2 Å². The fourth-order valence-corrected chi connectivity index (χ4v) is 4.58. The molecule has 0 spiro atoms. The van der Waals surface area contributed by atoms with Crippen molar-refractivity contribution in [1.82, 2.24) is 13.7 Å². The normalized spacial score (nSPS) is 11.8. The first-order valence-corrected chi connectivity index (χ1v) is 9.97. The number of aromatic nitrogens is 3. The third-order valence-corrected chi connectivity index (χ3v) is 5.97. The molecule has 7 nitrogen and oxygen atoms in total. The lowest BCUT2D eigenvalue weighted by atomic mass is 10.1. The van der Waals surface area contributed by atoms with Gasteiger partial charge in [0, 0.05) is 30.6 Å². The molecule has 0 unspecified atom stereocenters. The minimum absolute atomic E-state index is 0.218. The monoisotopic (exact) mass is 385 g/mol. The summed E-state index contributed by atoms with van der Waals surface area (Å²) in [6.45, 7) is 0. The summed E-state index contributed by atoms with van der Waals surface area (Å²) < 4.78 is 36.7. The molecule has 0 aliphatic heterocycles. The number of rotatable bonds is 4. The molecule has 0 saturated heterocycles. The SMILES string of the molecule is CN(C)c1cccc2c(S(=O)(=O)Nc3cnc4nsnc4c3)cccc12. The highest BCUT2D eigenvalue weighted by Gasteiger charge is 2.19. The number of hydrogen-bond donors (Lipinski definition) is 1. The van der Waals surface area contributed by atoms with Crippen LogP contribution in [-0.4, -0.2) is 36.2 Å². The van der Waals surface area contributed by atoms with E-state index in [0.717, 1.165) is 22.8 Å². The van der Waals surface area contributed by atoms with E-state index < -0.39 is 10.0 Å². The summed E-state index contributed by atoms with van der Waals surface area (Å²) in [6.07, 6.45) is 1.44. The number of pyridine rings is 1. The smallest absolute Gasteiger partial charge is 0.262 e. The molecule has 0 radical (unpaired) electrons. The van der Waals surface area contributed by atoms with Crippen molar-refractivity contribution < 1.29 is 8.42 Å². The Hall–Kier alpha value is -2.78. The molecule has 2 heterocycles. The van der Waals surface area contributed by atoms with Crippen molar-refractivity contribution in [2.45, 2.75) is 4.90 Å². The van der Waals surface area contributed by atoms with Crippen LogP contribution in [0.25, 0.3) is 21.9 Å². The molecule has 0 amide bonds. The van der Waals surface area contributed by atoms with Crippen molar-refractivity contribution in [1.29, 1.82) is 0 Å². The van der Waals surface area contributed by atoms with Crippen LogP contribution in [0.1, 0.15) is 0 Å². The van der Waals surface area contributed by atoms with Crippen molar-refractivity contribution in [2.24, 2.45) is 0 Å². The van der Waals surface area contributed by atoms with Crippen molar-refractivity contribution in [2.75, 3.05) is 23.7 Å². The summed E-state index contributed by atoms with van der Waals surface area (Å²) in [5, 5.41) is 1.54. The number of nitrogens with one attached hydrogen (secondary N) is 1. The lowest BCUT2D eigenvalue weighted by Crippen LogP contribution is -2.14. The molecule has 4 rings (SSSR count). The maximum atomic E-state index is 13.0. The van der Waals surface area contributed by atoms with Gasteiger partial charge in [0.2, 0.25) is 0 Å². The van der Waals surface area contributed by atoms with Crippen molar-refractivity contribution in [3.8, 4) is 0 Å². The van der Waals surface area contributed by atoms with Gasteiger partial charge in [-0.3, -0.25) is 4.72 Å². The zero-order valence-electron chi connectivity index (χ0n) is 14.0. The topological polar surface area (TPSA) is 88.1 Å². The summed E-state index contributed by atoms with van der Waals surface area (Å²) in [6, 6.07) is 12.5. The molecular formula is C17H15N5O2S2. The first-order valence-electron chi connectivity index (χ1n) is 7.76. The molecule has 2 aromatic heterocycles. The number of fused-ring (bicyclic) bond motifs is 2. The largest absolute Gasteiger partial charge is 0.377 e. The molecule has 0 fully saturated rings. The van der Waals surface area contributed by atoms with Crippen LogP contribution in [-0.2, 0) is 10.0 Å². The van der Waals surface area contributed by atoms with Gasteiger partial charge in [0.25, 0.3) is 10.0 Å². The van der Waals surface area contributed by atoms with E-state index in [-0.39, 0.29) is 4.90 Å². The number of hydrogen-bond acceptors (Lipinski definition) is 7. The first kappa shape index (κ1) is 16.7. The highest BCUT2D eigenvalue weighted by atomic mass is 32.2. The van der Waals surface area contributed by atoms with Gasteiger partial charge in [-0.1, -0.05) is 24.3 Å². The Morgan fingerprint density at radius 2 is 1.81 bits per heavy atom. The van der Waals surface area contributed by atoms with Gasteiger partial charge >= 0.3 is 0 Å². The molecule has 9 heteroatoms. The van der Waals surface area contributed by atoms with Gasteiger partial charge in [0.05, 0.1) is 28.5 Å². The molecule has 2 aromatic carbocycles. The lowest BCUT2D eigenvalue weighted by Gasteiger charge is -2.17. The van der Waals surface area contributed by atoms with Crippen molar-refractivity contribution in [3.63, 3.8) is 0 Å². The summed E-state index contributed by atoms with van der Waals surface area (Å²) in [5.74, 6) is 0. The quantitative estimate of drug-likeness (QED) is 0.581. The van der Waals surface area contributed by atoms with Gasteiger partial charge in [0.15, 0.2) is 5.65 Å². The fourth-order valence-electron chi connectivity index (χ4n) is 2.84. The van der Waals surface area contributed by atoms with Gasteiger partial charge in [-0.25, -0.2) is 13.4 Å². The van der Waals surface area contributed by atoms with Crippen LogP contribution >= 0.6 is 11.7 Å². The minimum Gasteiger partial charge on any atom is -0.377 e. The third-order valence-electron chi connectivity index (χ3n) is 4.00. The molecule has 0 bridgehead atoms. The second kappa shape index (κ2) is 6.19. The average Bonchev–Trinajstić information content (AvgIpc) is 3.08. The highest BCUT2D eigenvalue weighted by Crippen LogP contribution is 2.31. The van der Waals surface area contributed by atoms with Crippen LogP contribution < -0.4 is 9.62 Å². The van der Waals surface area contributed by atoms with Crippen LogP contribution in [0.4, 0.5) is 11.4 Å². The Bertz CT molecular complexity index is 1220. The van der Waals surface area contributed by atoms with E-state index in [1.807, 2.05) is 43.3 Å². The molecule has 0 saturated carbocycles. The zero-order valence-corrected chi connectivity index (χ0v) is 15.7. The Morgan fingerprint density at radius 1 is 1.04 bits per heavy atom. The molecule has 26 heavy (non-hydrogen) atoms. The Balaban J connectivity index is 1.81. The van der Waals surface area contributed by atoms with E-state index in [2.05, 4.69) is 18.5 Å². The molecular weight excluding hydrogens is 370 g/mol. The molecule has 4 aromatic rings. The second-order valence-electron chi connectivity index (χ2n) is 5.96. The molecule has 132 valence electrons. The van der Waals surface area contributed by atoms with Crippen LogP contribution in [0.3, 0.4) is 0 Å². The molecule has 0 atom stereocenters. The molecule has 1 N–H and O–H groups in total. The van der Waals surface area contributed by atoms with Gasteiger partial charge in [-0.15, -0.1) is 0 Å². The number of benzene rings is 2. The van der Waals surface area contributed by atoms with E-state index in [4.69, 9.17) is 0 Å². The minimum atomic E-state index is -3.79. The van der Waals surface area contributed by atoms with Crippen molar-refractivity contribution in [3.05, 3.63) is 48.7 Å². The number of anilines is 2. The van der Waals surface area contributed by atoms with Crippen molar-refractivity contribution >= 4 is 55.1 Å². The van der Waals surface area contributed by atoms with Crippen LogP contribution in [0.15, 0.2) is 53.6 Å². The highest BCUT2D eigenvalue weighted by molar-refractivity contribution is 7.93. The van der Waals surface area contributed by atoms with Crippen LogP contribution in [0.5, 0.6) is 0 Å². The van der Waals surface area contributed by atoms with E-state index in [9.17, 15) is 8.42 Å². The summed E-state index contributed by atoms with van der Waals surface area (Å²) in [4.78, 5) is 6.30. The first-order chi connectivity index (χ1) is 12.5. The zero-order chi connectivity index (χ0) is 18.3. The van der Waals surface area contributed by atoms with Crippen LogP contribution in [0.2, 0.25) is 0 Å². The van der Waals surface area contributed by atoms with E-state index >= 15 is 0 Å². The summed E-state index contributed by atoms with van der Waals surface area (Å²) in [5.41, 5.74) is 2.36. The third kappa shape index (κ3) is 2.85. The van der Waals surface area contributed by atoms with E-state index in [0.29, 0.717) is 22.2 Å². The summed E-state index contributed by atoms with van der Waals surface area (Å²) >= 11 is 1.04. The number of sulfonamides is 1. The summed E-state index contributed by atoms with van der Waals surface area (Å²) in [7, 11) is 0.0677. The Morgan fingerprint density at radius 3 is 2.62 bits per heavy atom. The van der Waals surface area contributed by atoms with Gasteiger partial charge in [0.1, 0.15) is 5.52 Å². The van der Waals surface area contributed by atoms with Crippen LogP contribution in [0, 0.1) is 0 Å². The maximum absolute atomic E-state index is 13.0. The Kier molecular flexibility index (Phi) is 3.97. The van der Waals surface area contributed by atoms with Gasteiger partial charge in [-0.2, -0.15) is 8.75 Å². The second-order valence-corrected chi connectivity index (χ2v) is 8.14. The fraction of sp³-hybridized carbons (Fsp3) is 0.118. The predicted octanol–water partition coefficient (Wildman–Crippen LogP) is 3.11. The molecule has 0 aliphatic carbocycles. The number of nitrogens with zero attached hydrogens (tertiary/aromatic N) is 4. The van der Waals surface area contributed by atoms with E-state index in [1.54, 1.807) is 18.2 Å². The predicted molar refractivity (Wildman–Crippen MR) is 104 cm³/mol. The standard InChI is InChI=1S/C17H15N5O2S2/c1-22(2)15-7-3-6-13-12(15)5-4-8-16(13)26(23,24)21-11-9-14-17(18-10-11)20-25-19-14/h3-10,21H,1-2H3. The van der Waals surface area contributed by atoms with Gasteiger partial charge < -0.3 is 4.90 Å². The molecule has 0 aliphatic rings. The average molecular weight is 385 g/mol. The van der Waals surface area contributed by atoms with E-state index in [1.165, 1.54) is 6.20 Å². The Labute approximate surface area is 154 Å². The maximum Gasteiger partial charge on any atom is 0.262 e. The lowest BCUT2D eigenvalue weighted by molar-refractivity contribution is 0.602.